The lowest BCUT2D eigenvalue weighted by Gasteiger charge is -2.14. The van der Waals surface area contributed by atoms with Gasteiger partial charge < -0.3 is 21.1 Å². The second kappa shape index (κ2) is 10.7. The lowest BCUT2D eigenvalue weighted by Crippen LogP contribution is -2.37. The number of anilines is 2. The molecule has 36 heavy (non-hydrogen) atoms. The van der Waals surface area contributed by atoms with Crippen LogP contribution in [0.15, 0.2) is 48.9 Å². The molecule has 2 aromatic heterocycles. The van der Waals surface area contributed by atoms with Crippen LogP contribution in [0.3, 0.4) is 0 Å². The first-order valence-corrected chi connectivity index (χ1v) is 11.7. The summed E-state index contributed by atoms with van der Waals surface area (Å²) in [7, 11) is 1.28. The fourth-order valence-corrected chi connectivity index (χ4v) is 3.88. The number of halogens is 2. The number of imidazole rings is 1. The van der Waals surface area contributed by atoms with Gasteiger partial charge in [-0.2, -0.15) is 4.39 Å². The highest BCUT2D eigenvalue weighted by atomic mass is 19.2. The van der Waals surface area contributed by atoms with Gasteiger partial charge in [-0.3, -0.25) is 9.20 Å². The summed E-state index contributed by atoms with van der Waals surface area (Å²) in [4.78, 5) is 21.4. The summed E-state index contributed by atoms with van der Waals surface area (Å²) in [6.07, 6.45) is 6.04. The first kappa shape index (κ1) is 25.1. The van der Waals surface area contributed by atoms with Crippen molar-refractivity contribution in [2.45, 2.75) is 32.7 Å². The number of fused-ring (bicyclic) bond motifs is 1. The van der Waals surface area contributed by atoms with Crippen LogP contribution in [0, 0.1) is 11.6 Å². The zero-order valence-electron chi connectivity index (χ0n) is 20.3. The molecule has 1 unspecified atom stereocenters. The van der Waals surface area contributed by atoms with Gasteiger partial charge in [0, 0.05) is 41.8 Å². The predicted molar refractivity (Wildman–Crippen MR) is 135 cm³/mol. The van der Waals surface area contributed by atoms with Crippen molar-refractivity contribution < 1.29 is 18.3 Å². The maximum Gasteiger partial charge on any atom is 0.251 e. The number of hydrogen-bond acceptors (Lipinski definition) is 6. The van der Waals surface area contributed by atoms with Gasteiger partial charge in [-0.05, 0) is 48.7 Å². The molecule has 4 N–H and O–H groups in total. The Morgan fingerprint density at radius 1 is 1.17 bits per heavy atom. The monoisotopic (exact) mass is 494 g/mol. The molecular weight excluding hydrogens is 466 g/mol. The smallest absolute Gasteiger partial charge is 0.251 e. The van der Waals surface area contributed by atoms with E-state index in [4.69, 9.17) is 10.5 Å². The number of methoxy groups -OCH3 is 1. The van der Waals surface area contributed by atoms with Gasteiger partial charge in [-0.25, -0.2) is 14.4 Å². The van der Waals surface area contributed by atoms with E-state index < -0.39 is 11.6 Å². The molecule has 1 atom stereocenters. The molecule has 0 aliphatic rings. The van der Waals surface area contributed by atoms with Gasteiger partial charge in [-0.15, -0.1) is 0 Å². The molecule has 0 aliphatic heterocycles. The van der Waals surface area contributed by atoms with Crippen molar-refractivity contribution in [1.82, 2.24) is 19.7 Å². The van der Waals surface area contributed by atoms with Crippen molar-refractivity contribution in [2.75, 3.05) is 19.0 Å². The number of aromatic nitrogens is 3. The Labute approximate surface area is 207 Å². The summed E-state index contributed by atoms with van der Waals surface area (Å²) in [6.45, 7) is 4.35. The maximum absolute atomic E-state index is 14.7. The van der Waals surface area contributed by atoms with Crippen LogP contribution in [-0.2, 0) is 6.42 Å². The zero-order chi connectivity index (χ0) is 25.8. The van der Waals surface area contributed by atoms with Crippen LogP contribution < -0.4 is 21.1 Å². The van der Waals surface area contributed by atoms with Crippen molar-refractivity contribution in [3.63, 3.8) is 0 Å². The molecule has 0 spiro atoms. The third-order valence-electron chi connectivity index (χ3n) is 6.01. The van der Waals surface area contributed by atoms with E-state index in [0.29, 0.717) is 41.4 Å². The number of carbonyl (C=O) groups excluding carboxylic acids is 1. The van der Waals surface area contributed by atoms with Crippen molar-refractivity contribution in [3.05, 3.63) is 71.7 Å². The van der Waals surface area contributed by atoms with E-state index in [9.17, 15) is 13.6 Å². The third kappa shape index (κ3) is 4.85. The Kier molecular flexibility index (Phi) is 7.44. The number of ether oxygens (including phenoxy) is 1. The molecule has 2 aromatic carbocycles. The first-order chi connectivity index (χ1) is 17.4. The molecule has 188 valence electrons. The zero-order valence-corrected chi connectivity index (χ0v) is 20.3. The average Bonchev–Trinajstić information content (AvgIpc) is 3.33. The summed E-state index contributed by atoms with van der Waals surface area (Å²) in [5, 5.41) is 6.10. The van der Waals surface area contributed by atoms with Crippen molar-refractivity contribution in [1.29, 1.82) is 0 Å². The maximum atomic E-state index is 14.7. The number of nitrogens with two attached hydrogens (primary N) is 1. The Morgan fingerprint density at radius 3 is 2.69 bits per heavy atom. The summed E-state index contributed by atoms with van der Waals surface area (Å²) in [5.41, 5.74) is 8.89. The van der Waals surface area contributed by atoms with Crippen molar-refractivity contribution in [3.8, 4) is 17.0 Å². The Hall–Kier alpha value is -4.05. The van der Waals surface area contributed by atoms with E-state index in [1.807, 2.05) is 19.9 Å². The van der Waals surface area contributed by atoms with Gasteiger partial charge in [0.2, 0.25) is 5.82 Å². The highest BCUT2D eigenvalue weighted by Crippen LogP contribution is 2.31. The molecule has 8 nitrogen and oxygen atoms in total. The predicted octanol–water partition coefficient (Wildman–Crippen LogP) is 4.46. The van der Waals surface area contributed by atoms with Gasteiger partial charge >= 0.3 is 0 Å². The summed E-state index contributed by atoms with van der Waals surface area (Å²) in [5.74, 6) is -2.01. The standard InChI is InChI=1S/C26H28F2N6O2/c1-4-15-12-17(6-7-18(15)26(35)32-13-16(29)5-2)33-24-25-31-14-20(34(25)11-10-30-24)19-8-9-21(36-3)23(28)22(19)27/h6-12,14,16H,4-5,13,29H2,1-3H3,(H,30,33)(H,32,35). The summed E-state index contributed by atoms with van der Waals surface area (Å²) < 4.78 is 35.5. The SMILES string of the molecule is CCc1cc(Nc2nccn3c(-c4ccc(OC)c(F)c4F)cnc23)ccc1C(=O)NCC(N)CC. The van der Waals surface area contributed by atoms with Gasteiger partial charge in [0.25, 0.3) is 5.91 Å². The first-order valence-electron chi connectivity index (χ1n) is 11.7. The number of nitrogens with one attached hydrogen (secondary N) is 2. The van der Waals surface area contributed by atoms with E-state index in [-0.39, 0.29) is 23.3 Å². The lowest BCUT2D eigenvalue weighted by molar-refractivity contribution is 0.0950. The van der Waals surface area contributed by atoms with E-state index in [1.54, 1.807) is 22.7 Å². The average molecular weight is 495 g/mol. The fourth-order valence-electron chi connectivity index (χ4n) is 3.88. The van der Waals surface area contributed by atoms with Crippen LogP contribution in [0.25, 0.3) is 16.9 Å². The van der Waals surface area contributed by atoms with Crippen molar-refractivity contribution >= 4 is 23.1 Å². The number of carbonyl (C=O) groups is 1. The molecule has 4 rings (SSSR count). The second-order valence-electron chi connectivity index (χ2n) is 8.29. The van der Waals surface area contributed by atoms with Gasteiger partial charge in [0.15, 0.2) is 23.0 Å². The van der Waals surface area contributed by atoms with Gasteiger partial charge in [0.05, 0.1) is 19.0 Å². The minimum Gasteiger partial charge on any atom is -0.494 e. The number of rotatable bonds is 9. The molecular formula is C26H28F2N6O2. The number of aryl methyl sites for hydroxylation is 1. The molecule has 0 saturated carbocycles. The molecule has 0 fully saturated rings. The van der Waals surface area contributed by atoms with Crippen LogP contribution in [0.1, 0.15) is 36.2 Å². The molecule has 0 aliphatic carbocycles. The van der Waals surface area contributed by atoms with Gasteiger partial charge in [-0.1, -0.05) is 13.8 Å². The normalized spacial score (nSPS) is 11.9. The number of nitrogens with zero attached hydrogens (tertiary/aromatic N) is 3. The molecule has 2 heterocycles. The number of amides is 1. The quantitative estimate of drug-likeness (QED) is 0.317. The molecule has 0 saturated heterocycles. The van der Waals surface area contributed by atoms with Crippen LogP contribution in [0.5, 0.6) is 5.75 Å². The third-order valence-corrected chi connectivity index (χ3v) is 6.01. The van der Waals surface area contributed by atoms with E-state index in [0.717, 1.165) is 12.0 Å². The van der Waals surface area contributed by atoms with Crippen molar-refractivity contribution in [2.24, 2.45) is 5.73 Å². The Morgan fingerprint density at radius 2 is 1.97 bits per heavy atom. The fraction of sp³-hybridized carbons (Fsp3) is 0.269. The Balaban J connectivity index is 1.63. The second-order valence-corrected chi connectivity index (χ2v) is 8.29. The Bertz CT molecular complexity index is 1400. The highest BCUT2D eigenvalue weighted by molar-refractivity contribution is 5.96. The van der Waals surface area contributed by atoms with Crippen LogP contribution in [0.4, 0.5) is 20.3 Å². The van der Waals surface area contributed by atoms with Crippen LogP contribution in [-0.4, -0.2) is 40.0 Å². The largest absolute Gasteiger partial charge is 0.494 e. The molecule has 1 amide bonds. The summed E-state index contributed by atoms with van der Waals surface area (Å²) in [6, 6.07) is 8.13. The number of hydrogen-bond donors (Lipinski definition) is 3. The summed E-state index contributed by atoms with van der Waals surface area (Å²) >= 11 is 0. The molecule has 10 heteroatoms. The topological polar surface area (TPSA) is 107 Å². The minimum absolute atomic E-state index is 0.0457. The van der Waals surface area contributed by atoms with Crippen LogP contribution in [0.2, 0.25) is 0 Å². The lowest BCUT2D eigenvalue weighted by atomic mass is 10.0. The minimum atomic E-state index is -1.06. The van der Waals surface area contributed by atoms with Gasteiger partial charge in [0.1, 0.15) is 0 Å². The molecule has 4 aromatic rings. The number of benzene rings is 2. The van der Waals surface area contributed by atoms with Crippen LogP contribution >= 0.6 is 0 Å². The van der Waals surface area contributed by atoms with E-state index >= 15 is 0 Å². The highest BCUT2D eigenvalue weighted by Gasteiger charge is 2.19. The molecule has 0 bridgehead atoms. The molecule has 0 radical (unpaired) electrons. The van der Waals surface area contributed by atoms with E-state index in [1.165, 1.54) is 31.6 Å². The van der Waals surface area contributed by atoms with E-state index in [2.05, 4.69) is 20.6 Å².